The second-order valence-electron chi connectivity index (χ2n) is 9.19. The molecule has 12 heteroatoms. The van der Waals surface area contributed by atoms with Gasteiger partial charge in [0.2, 0.25) is 0 Å². The molecule has 1 saturated carbocycles. The molecule has 2 aliphatic rings. The van der Waals surface area contributed by atoms with Gasteiger partial charge in [-0.1, -0.05) is 15.9 Å². The molecule has 0 unspecified atom stereocenters. The van der Waals surface area contributed by atoms with Gasteiger partial charge in [-0.25, -0.2) is 10.2 Å². The van der Waals surface area contributed by atoms with E-state index in [2.05, 4.69) is 47.6 Å². The number of alkyl halides is 2. The van der Waals surface area contributed by atoms with Crippen molar-refractivity contribution >= 4 is 33.6 Å². The van der Waals surface area contributed by atoms with E-state index in [4.69, 9.17) is 4.74 Å². The SMILES string of the molecule is C[C@@H](CC1(C#N)CCC2(CC1)OC(=O)NN=C2c1cc(OC(F)F)ccc1Br)NC(=O)c1cccnc1. The number of carbonyl (C=O) groups is 2. The van der Waals surface area contributed by atoms with Crippen LogP contribution < -0.4 is 15.5 Å². The van der Waals surface area contributed by atoms with Gasteiger partial charge in [0, 0.05) is 28.5 Å². The molecule has 0 bridgehead atoms. The number of nitriles is 1. The van der Waals surface area contributed by atoms with E-state index in [0.29, 0.717) is 40.6 Å². The zero-order valence-electron chi connectivity index (χ0n) is 19.8. The van der Waals surface area contributed by atoms with Crippen molar-refractivity contribution in [3.8, 4) is 11.8 Å². The maximum Gasteiger partial charge on any atom is 0.428 e. The summed E-state index contributed by atoms with van der Waals surface area (Å²) in [6.45, 7) is -1.17. The van der Waals surface area contributed by atoms with E-state index < -0.39 is 23.7 Å². The molecule has 37 heavy (non-hydrogen) atoms. The summed E-state index contributed by atoms with van der Waals surface area (Å²) in [5.41, 5.74) is 1.57. The van der Waals surface area contributed by atoms with E-state index in [1.807, 2.05) is 6.92 Å². The van der Waals surface area contributed by atoms with Gasteiger partial charge in [-0.2, -0.15) is 19.1 Å². The lowest BCUT2D eigenvalue weighted by molar-refractivity contribution is -0.0498. The number of carbonyl (C=O) groups excluding carboxylic acids is 2. The van der Waals surface area contributed by atoms with Gasteiger partial charge in [0.05, 0.1) is 17.0 Å². The molecule has 1 spiro atoms. The monoisotopic (exact) mass is 575 g/mol. The molecule has 4 rings (SSSR count). The summed E-state index contributed by atoms with van der Waals surface area (Å²) in [5.74, 6) is -0.346. The summed E-state index contributed by atoms with van der Waals surface area (Å²) in [5, 5.41) is 17.2. The van der Waals surface area contributed by atoms with Crippen LogP contribution in [-0.4, -0.2) is 41.0 Å². The van der Waals surface area contributed by atoms with Gasteiger partial charge >= 0.3 is 12.7 Å². The number of aromatic nitrogens is 1. The number of ether oxygens (including phenoxy) is 2. The summed E-state index contributed by atoms with van der Waals surface area (Å²) < 4.78 is 36.4. The molecule has 2 aromatic rings. The van der Waals surface area contributed by atoms with Crippen LogP contribution in [0.5, 0.6) is 5.75 Å². The number of hydrogen-bond donors (Lipinski definition) is 2. The molecule has 1 aromatic carbocycles. The van der Waals surface area contributed by atoms with Crippen molar-refractivity contribution in [1.82, 2.24) is 15.7 Å². The van der Waals surface area contributed by atoms with E-state index in [-0.39, 0.29) is 30.5 Å². The minimum absolute atomic E-state index is 0.0664. The number of halogens is 3. The average molecular weight is 576 g/mol. The Balaban J connectivity index is 1.52. The predicted molar refractivity (Wildman–Crippen MR) is 132 cm³/mol. The van der Waals surface area contributed by atoms with Crippen LogP contribution in [0.25, 0.3) is 0 Å². The summed E-state index contributed by atoms with van der Waals surface area (Å²) in [6, 6.07) is 9.78. The number of pyridine rings is 1. The maximum absolute atomic E-state index is 12.8. The molecule has 0 radical (unpaired) electrons. The number of hydrazone groups is 1. The fourth-order valence-corrected chi connectivity index (χ4v) is 5.33. The third kappa shape index (κ3) is 5.88. The highest BCUT2D eigenvalue weighted by Gasteiger charge is 2.51. The molecule has 2 amide bonds. The zero-order valence-corrected chi connectivity index (χ0v) is 21.4. The third-order valence-electron chi connectivity index (χ3n) is 6.65. The fourth-order valence-electron chi connectivity index (χ4n) is 4.89. The van der Waals surface area contributed by atoms with E-state index in [1.54, 1.807) is 24.4 Å². The largest absolute Gasteiger partial charge is 0.435 e. The Morgan fingerprint density at radius 1 is 1.32 bits per heavy atom. The van der Waals surface area contributed by atoms with Crippen LogP contribution in [-0.2, 0) is 4.74 Å². The van der Waals surface area contributed by atoms with E-state index in [0.717, 1.165) is 0 Å². The summed E-state index contributed by atoms with van der Waals surface area (Å²) in [7, 11) is 0. The second kappa shape index (κ2) is 10.8. The van der Waals surface area contributed by atoms with Crippen LogP contribution in [0.15, 0.2) is 52.3 Å². The van der Waals surface area contributed by atoms with Gasteiger partial charge in [-0.3, -0.25) is 9.78 Å². The Labute approximate surface area is 220 Å². The lowest BCUT2D eigenvalue weighted by atomic mass is 9.65. The predicted octanol–water partition coefficient (Wildman–Crippen LogP) is 4.92. The lowest BCUT2D eigenvalue weighted by Crippen LogP contribution is -2.54. The molecule has 1 aliphatic carbocycles. The first kappa shape index (κ1) is 26.5. The van der Waals surface area contributed by atoms with Crippen molar-refractivity contribution in [2.24, 2.45) is 10.5 Å². The fraction of sp³-hybridized carbons (Fsp3) is 0.400. The minimum Gasteiger partial charge on any atom is -0.435 e. The average Bonchev–Trinajstić information content (AvgIpc) is 2.87. The maximum atomic E-state index is 12.8. The topological polar surface area (TPSA) is 126 Å². The van der Waals surface area contributed by atoms with Crippen molar-refractivity contribution in [2.75, 3.05) is 0 Å². The highest BCUT2D eigenvalue weighted by molar-refractivity contribution is 9.10. The van der Waals surface area contributed by atoms with Crippen LogP contribution in [0.4, 0.5) is 13.6 Å². The molecule has 1 aliphatic heterocycles. The van der Waals surface area contributed by atoms with Gasteiger partial charge in [0.25, 0.3) is 5.91 Å². The molecule has 1 fully saturated rings. The summed E-state index contributed by atoms with van der Waals surface area (Å²) in [4.78, 5) is 28.7. The summed E-state index contributed by atoms with van der Waals surface area (Å²) in [6.07, 6.45) is 4.01. The van der Waals surface area contributed by atoms with Gasteiger partial charge in [-0.05, 0) is 69.4 Å². The van der Waals surface area contributed by atoms with Crippen LogP contribution in [0.3, 0.4) is 0 Å². The van der Waals surface area contributed by atoms with Gasteiger partial charge in [0.1, 0.15) is 11.5 Å². The number of rotatable bonds is 7. The first-order valence-corrected chi connectivity index (χ1v) is 12.4. The van der Waals surface area contributed by atoms with Gasteiger partial charge < -0.3 is 14.8 Å². The highest BCUT2D eigenvalue weighted by Crippen LogP contribution is 2.48. The molecule has 2 heterocycles. The molecular formula is C25H24BrF2N5O4. The van der Waals surface area contributed by atoms with Crippen molar-refractivity contribution in [1.29, 1.82) is 5.26 Å². The molecule has 1 atom stereocenters. The number of amides is 2. The van der Waals surface area contributed by atoms with Crippen molar-refractivity contribution in [2.45, 2.75) is 57.3 Å². The Morgan fingerprint density at radius 2 is 2.08 bits per heavy atom. The number of nitrogens with zero attached hydrogens (tertiary/aromatic N) is 3. The van der Waals surface area contributed by atoms with Crippen LogP contribution in [0.1, 0.15) is 54.9 Å². The molecule has 1 aromatic heterocycles. The van der Waals surface area contributed by atoms with Crippen molar-refractivity contribution in [3.05, 3.63) is 58.3 Å². The Hall–Kier alpha value is -3.59. The number of benzene rings is 1. The standard InChI is InChI=1S/C25H24BrF2N5O4/c1-15(31-21(34)16-3-2-10-30-13-16)12-24(14-29)6-8-25(9-7-24)20(32-33-23(35)37-25)18-11-17(36-22(27)28)4-5-19(18)26/h2-5,10-11,13,15,22H,6-9,12H2,1H3,(H,31,34)(H,33,35)/t15-,24?,25?/m0/s1. The molecule has 9 nitrogen and oxygen atoms in total. The van der Waals surface area contributed by atoms with Gasteiger partial charge in [0.15, 0.2) is 5.60 Å². The van der Waals surface area contributed by atoms with Crippen molar-refractivity contribution in [3.63, 3.8) is 0 Å². The Morgan fingerprint density at radius 3 is 2.73 bits per heavy atom. The third-order valence-corrected chi connectivity index (χ3v) is 7.34. The molecule has 194 valence electrons. The first-order chi connectivity index (χ1) is 17.7. The Kier molecular flexibility index (Phi) is 7.73. The molecule has 2 N–H and O–H groups in total. The smallest absolute Gasteiger partial charge is 0.428 e. The molecule has 0 saturated heterocycles. The van der Waals surface area contributed by atoms with E-state index in [9.17, 15) is 23.6 Å². The van der Waals surface area contributed by atoms with Crippen LogP contribution in [0.2, 0.25) is 0 Å². The normalized spacial score (nSPS) is 23.9. The van der Waals surface area contributed by atoms with E-state index in [1.165, 1.54) is 18.3 Å². The first-order valence-electron chi connectivity index (χ1n) is 11.6. The van der Waals surface area contributed by atoms with Crippen LogP contribution >= 0.6 is 15.9 Å². The number of hydrogen-bond acceptors (Lipinski definition) is 7. The zero-order chi connectivity index (χ0) is 26.6. The number of nitrogens with one attached hydrogen (secondary N) is 2. The Bertz CT molecular complexity index is 1240. The molecular weight excluding hydrogens is 552 g/mol. The highest BCUT2D eigenvalue weighted by atomic mass is 79.9. The lowest BCUT2D eigenvalue weighted by Gasteiger charge is -2.45. The van der Waals surface area contributed by atoms with E-state index >= 15 is 0 Å². The second-order valence-corrected chi connectivity index (χ2v) is 10.0. The van der Waals surface area contributed by atoms with Crippen LogP contribution in [0, 0.1) is 16.7 Å². The van der Waals surface area contributed by atoms with Crippen molar-refractivity contribution < 1.29 is 27.8 Å². The summed E-state index contributed by atoms with van der Waals surface area (Å²) >= 11 is 3.42. The minimum atomic E-state index is -3.00. The van der Waals surface area contributed by atoms with Gasteiger partial charge in [-0.15, -0.1) is 0 Å². The quantitative estimate of drug-likeness (QED) is 0.482.